The first kappa shape index (κ1) is 15.5. The van der Waals surface area contributed by atoms with Crippen LogP contribution in [0.25, 0.3) is 0 Å². The van der Waals surface area contributed by atoms with E-state index in [0.29, 0.717) is 12.6 Å². The van der Waals surface area contributed by atoms with E-state index in [1.54, 1.807) is 0 Å². The fraction of sp³-hybridized carbons (Fsp3) is 0.647. The van der Waals surface area contributed by atoms with Crippen LogP contribution in [0.1, 0.15) is 43.7 Å². The van der Waals surface area contributed by atoms with Crippen molar-refractivity contribution in [3.05, 3.63) is 35.4 Å². The average Bonchev–Trinajstić information content (AvgIpc) is 3.00. The molecule has 1 unspecified atom stereocenters. The van der Waals surface area contributed by atoms with E-state index in [-0.39, 0.29) is 0 Å². The van der Waals surface area contributed by atoms with Gasteiger partial charge in [0, 0.05) is 19.7 Å². The molecule has 1 aliphatic heterocycles. The predicted octanol–water partition coefficient (Wildman–Crippen LogP) is 2.93. The molecule has 1 aromatic carbocycles. The number of benzene rings is 1. The van der Waals surface area contributed by atoms with Gasteiger partial charge >= 0.3 is 0 Å². The van der Waals surface area contributed by atoms with Crippen molar-refractivity contribution < 1.29 is 4.74 Å². The lowest BCUT2D eigenvalue weighted by molar-refractivity contribution is 0.0986. The molecule has 0 bridgehead atoms. The summed E-state index contributed by atoms with van der Waals surface area (Å²) in [5.41, 5.74) is 8.45. The van der Waals surface area contributed by atoms with Gasteiger partial charge in [0.15, 0.2) is 0 Å². The summed E-state index contributed by atoms with van der Waals surface area (Å²) >= 11 is 0. The van der Waals surface area contributed by atoms with Crippen molar-refractivity contribution >= 4 is 0 Å². The number of hydrogen-bond donors (Lipinski definition) is 1. The molecule has 0 amide bonds. The minimum Gasteiger partial charge on any atom is -0.378 e. The zero-order chi connectivity index (χ0) is 14.2. The van der Waals surface area contributed by atoms with Crippen LogP contribution >= 0.6 is 0 Å². The maximum atomic E-state index is 5.82. The first-order valence-electron chi connectivity index (χ1n) is 7.94. The molecule has 3 nitrogen and oxygen atoms in total. The SMILES string of the molecule is CCN(CCCC1CCCO1)Cc1ccccc1CN. The van der Waals surface area contributed by atoms with Crippen LogP contribution in [0.2, 0.25) is 0 Å². The van der Waals surface area contributed by atoms with Crippen molar-refractivity contribution in [1.82, 2.24) is 4.90 Å². The van der Waals surface area contributed by atoms with Crippen molar-refractivity contribution in [1.29, 1.82) is 0 Å². The van der Waals surface area contributed by atoms with Crippen LogP contribution < -0.4 is 5.73 Å². The highest BCUT2D eigenvalue weighted by Crippen LogP contribution is 2.17. The maximum Gasteiger partial charge on any atom is 0.0576 e. The molecule has 0 aromatic heterocycles. The predicted molar refractivity (Wildman–Crippen MR) is 83.5 cm³/mol. The maximum absolute atomic E-state index is 5.82. The highest BCUT2D eigenvalue weighted by atomic mass is 16.5. The summed E-state index contributed by atoms with van der Waals surface area (Å²) in [6, 6.07) is 8.51. The van der Waals surface area contributed by atoms with Crippen LogP contribution in [-0.2, 0) is 17.8 Å². The van der Waals surface area contributed by atoms with Gasteiger partial charge < -0.3 is 10.5 Å². The molecular formula is C17H28N2O. The summed E-state index contributed by atoms with van der Waals surface area (Å²) in [5.74, 6) is 0. The summed E-state index contributed by atoms with van der Waals surface area (Å²) in [7, 11) is 0. The van der Waals surface area contributed by atoms with E-state index < -0.39 is 0 Å². The van der Waals surface area contributed by atoms with E-state index in [4.69, 9.17) is 10.5 Å². The monoisotopic (exact) mass is 276 g/mol. The van der Waals surface area contributed by atoms with Crippen molar-refractivity contribution in [2.24, 2.45) is 5.73 Å². The van der Waals surface area contributed by atoms with Gasteiger partial charge in [0.05, 0.1) is 6.10 Å². The fourth-order valence-corrected chi connectivity index (χ4v) is 2.92. The van der Waals surface area contributed by atoms with Gasteiger partial charge in [-0.05, 0) is 49.9 Å². The average molecular weight is 276 g/mol. The highest BCUT2D eigenvalue weighted by molar-refractivity contribution is 5.26. The Morgan fingerprint density at radius 1 is 1.30 bits per heavy atom. The van der Waals surface area contributed by atoms with Crippen LogP contribution in [0.4, 0.5) is 0 Å². The van der Waals surface area contributed by atoms with Crippen LogP contribution in [-0.4, -0.2) is 30.7 Å². The van der Waals surface area contributed by atoms with E-state index in [9.17, 15) is 0 Å². The molecule has 0 saturated carbocycles. The zero-order valence-corrected chi connectivity index (χ0v) is 12.7. The van der Waals surface area contributed by atoms with E-state index in [2.05, 4.69) is 36.1 Å². The second-order valence-electron chi connectivity index (χ2n) is 5.62. The summed E-state index contributed by atoms with van der Waals surface area (Å²) in [5, 5.41) is 0. The molecule has 1 saturated heterocycles. The summed E-state index contributed by atoms with van der Waals surface area (Å²) in [6.07, 6.45) is 5.44. The zero-order valence-electron chi connectivity index (χ0n) is 12.7. The van der Waals surface area contributed by atoms with Crippen molar-refractivity contribution in [3.63, 3.8) is 0 Å². The molecule has 1 fully saturated rings. The quantitative estimate of drug-likeness (QED) is 0.793. The van der Waals surface area contributed by atoms with Crippen LogP contribution in [0.15, 0.2) is 24.3 Å². The van der Waals surface area contributed by atoms with Crippen LogP contribution in [0.3, 0.4) is 0 Å². The van der Waals surface area contributed by atoms with E-state index in [1.165, 1.54) is 36.8 Å². The first-order chi connectivity index (χ1) is 9.83. The van der Waals surface area contributed by atoms with E-state index in [1.807, 2.05) is 0 Å². The molecule has 1 heterocycles. The van der Waals surface area contributed by atoms with E-state index >= 15 is 0 Å². The van der Waals surface area contributed by atoms with Gasteiger partial charge in [0.25, 0.3) is 0 Å². The molecular weight excluding hydrogens is 248 g/mol. The molecule has 1 aromatic rings. The largest absolute Gasteiger partial charge is 0.378 e. The third-order valence-electron chi connectivity index (χ3n) is 4.20. The van der Waals surface area contributed by atoms with Crippen LogP contribution in [0, 0.1) is 0 Å². The molecule has 3 heteroatoms. The van der Waals surface area contributed by atoms with Gasteiger partial charge in [-0.25, -0.2) is 0 Å². The number of hydrogen-bond acceptors (Lipinski definition) is 3. The molecule has 1 atom stereocenters. The Labute approximate surface area is 123 Å². The molecule has 0 aliphatic carbocycles. The Morgan fingerprint density at radius 3 is 2.75 bits per heavy atom. The number of rotatable bonds is 8. The van der Waals surface area contributed by atoms with Crippen molar-refractivity contribution in [2.75, 3.05) is 19.7 Å². The Morgan fingerprint density at radius 2 is 2.10 bits per heavy atom. The second kappa shape index (κ2) is 8.40. The van der Waals surface area contributed by atoms with Crippen molar-refractivity contribution in [2.45, 2.75) is 51.8 Å². The Bertz CT molecular complexity index is 388. The minimum atomic E-state index is 0.519. The van der Waals surface area contributed by atoms with Gasteiger partial charge in [0.2, 0.25) is 0 Å². The van der Waals surface area contributed by atoms with Gasteiger partial charge in [-0.2, -0.15) is 0 Å². The highest BCUT2D eigenvalue weighted by Gasteiger charge is 2.15. The second-order valence-corrected chi connectivity index (χ2v) is 5.62. The topological polar surface area (TPSA) is 38.5 Å². The van der Waals surface area contributed by atoms with Crippen molar-refractivity contribution in [3.8, 4) is 0 Å². The van der Waals surface area contributed by atoms with E-state index in [0.717, 1.165) is 26.2 Å². The molecule has 2 N–H and O–H groups in total. The Balaban J connectivity index is 1.79. The fourth-order valence-electron chi connectivity index (χ4n) is 2.92. The standard InChI is InChI=1S/C17H28N2O/c1-2-19(11-5-9-17-10-6-12-20-17)14-16-8-4-3-7-15(16)13-18/h3-4,7-8,17H,2,5-6,9-14,18H2,1H3. The lowest BCUT2D eigenvalue weighted by atomic mass is 10.1. The number of nitrogens with two attached hydrogens (primary N) is 1. The molecule has 0 radical (unpaired) electrons. The Hall–Kier alpha value is -0.900. The summed E-state index contributed by atoms with van der Waals surface area (Å²) in [4.78, 5) is 2.50. The van der Waals surface area contributed by atoms with Gasteiger partial charge in [-0.1, -0.05) is 31.2 Å². The van der Waals surface area contributed by atoms with Crippen LogP contribution in [0.5, 0.6) is 0 Å². The van der Waals surface area contributed by atoms with Gasteiger partial charge in [-0.3, -0.25) is 4.90 Å². The smallest absolute Gasteiger partial charge is 0.0576 e. The Kier molecular flexibility index (Phi) is 6.51. The summed E-state index contributed by atoms with van der Waals surface area (Å²) < 4.78 is 5.69. The summed E-state index contributed by atoms with van der Waals surface area (Å²) in [6.45, 7) is 7.07. The third kappa shape index (κ3) is 4.58. The lowest BCUT2D eigenvalue weighted by Crippen LogP contribution is -2.25. The molecule has 112 valence electrons. The van der Waals surface area contributed by atoms with Gasteiger partial charge in [0.1, 0.15) is 0 Å². The molecule has 0 spiro atoms. The number of nitrogens with zero attached hydrogens (tertiary/aromatic N) is 1. The van der Waals surface area contributed by atoms with Gasteiger partial charge in [-0.15, -0.1) is 0 Å². The minimum absolute atomic E-state index is 0.519. The third-order valence-corrected chi connectivity index (χ3v) is 4.20. The molecule has 20 heavy (non-hydrogen) atoms. The molecule has 2 rings (SSSR count). The first-order valence-corrected chi connectivity index (χ1v) is 7.94. The number of ether oxygens (including phenoxy) is 1. The lowest BCUT2D eigenvalue weighted by Gasteiger charge is -2.22. The molecule has 1 aliphatic rings. The normalized spacial score (nSPS) is 18.9.